The second-order valence-electron chi connectivity index (χ2n) is 1.13. The van der Waals surface area contributed by atoms with Gasteiger partial charge in [0.15, 0.2) is 0 Å². The van der Waals surface area contributed by atoms with Crippen LogP contribution in [0.15, 0.2) is 16.9 Å². The van der Waals surface area contributed by atoms with Crippen molar-refractivity contribution in [2.75, 3.05) is 0 Å². The van der Waals surface area contributed by atoms with Gasteiger partial charge in [-0.05, 0) is 0 Å². The van der Waals surface area contributed by atoms with Crippen LogP contribution < -0.4 is 5.73 Å². The molecule has 0 bridgehead atoms. The lowest BCUT2D eigenvalue weighted by molar-refractivity contribution is 0.498. The fourth-order valence-corrected chi connectivity index (χ4v) is 0.354. The third-order valence-corrected chi connectivity index (χ3v) is 0.658. The first-order valence-corrected chi connectivity index (χ1v) is 2.02. The molecule has 1 heterocycles. The highest BCUT2D eigenvalue weighted by molar-refractivity contribution is 5.85. The SMILES string of the molecule is Cl.NCc1ncco1. The predicted octanol–water partition coefficient (Wildman–Crippen LogP) is 0.555. The molecule has 0 aliphatic carbocycles. The largest absolute Gasteiger partial charge is 0.448 e. The zero-order valence-electron chi connectivity index (χ0n) is 4.20. The van der Waals surface area contributed by atoms with E-state index in [-0.39, 0.29) is 12.4 Å². The smallest absolute Gasteiger partial charge is 0.207 e. The highest BCUT2D eigenvalue weighted by Crippen LogP contribution is 1.88. The van der Waals surface area contributed by atoms with Gasteiger partial charge >= 0.3 is 0 Å². The summed E-state index contributed by atoms with van der Waals surface area (Å²) in [6.45, 7) is 0.382. The summed E-state index contributed by atoms with van der Waals surface area (Å²) in [5.41, 5.74) is 5.14. The third kappa shape index (κ3) is 1.52. The van der Waals surface area contributed by atoms with Gasteiger partial charge in [-0.25, -0.2) is 4.98 Å². The third-order valence-electron chi connectivity index (χ3n) is 0.658. The van der Waals surface area contributed by atoms with Gasteiger partial charge in [-0.15, -0.1) is 12.4 Å². The maximum atomic E-state index is 5.14. The second-order valence-corrected chi connectivity index (χ2v) is 1.13. The molecule has 0 fully saturated rings. The van der Waals surface area contributed by atoms with E-state index in [0.29, 0.717) is 12.4 Å². The van der Waals surface area contributed by atoms with Crippen molar-refractivity contribution in [3.8, 4) is 0 Å². The number of nitrogens with two attached hydrogens (primary N) is 1. The first-order chi connectivity index (χ1) is 3.43. The van der Waals surface area contributed by atoms with Crippen molar-refractivity contribution in [3.63, 3.8) is 0 Å². The Morgan fingerprint density at radius 3 is 2.75 bits per heavy atom. The van der Waals surface area contributed by atoms with Crippen LogP contribution in [-0.2, 0) is 6.54 Å². The Labute approximate surface area is 53.3 Å². The van der Waals surface area contributed by atoms with E-state index in [9.17, 15) is 0 Å². The number of rotatable bonds is 1. The number of hydrogen-bond donors (Lipinski definition) is 1. The van der Waals surface area contributed by atoms with Gasteiger partial charge in [0.25, 0.3) is 0 Å². The Kier molecular flexibility index (Phi) is 3.23. The Balaban J connectivity index is 0.000000490. The van der Waals surface area contributed by atoms with Crippen molar-refractivity contribution in [1.29, 1.82) is 0 Å². The summed E-state index contributed by atoms with van der Waals surface area (Å²) in [6, 6.07) is 0. The van der Waals surface area contributed by atoms with Crippen LogP contribution in [0.1, 0.15) is 5.89 Å². The van der Waals surface area contributed by atoms with Gasteiger partial charge < -0.3 is 10.2 Å². The van der Waals surface area contributed by atoms with Gasteiger partial charge in [-0.2, -0.15) is 0 Å². The molecular formula is C4H7ClN2O. The highest BCUT2D eigenvalue weighted by atomic mass is 35.5. The summed E-state index contributed by atoms with van der Waals surface area (Å²) < 4.78 is 4.75. The van der Waals surface area contributed by atoms with Gasteiger partial charge in [-0.3, -0.25) is 0 Å². The first kappa shape index (κ1) is 7.46. The van der Waals surface area contributed by atoms with Crippen LogP contribution in [0, 0.1) is 0 Å². The van der Waals surface area contributed by atoms with E-state index in [0.717, 1.165) is 0 Å². The van der Waals surface area contributed by atoms with Crippen LogP contribution in [0.2, 0.25) is 0 Å². The number of aromatic nitrogens is 1. The summed E-state index contributed by atoms with van der Waals surface area (Å²) in [7, 11) is 0. The molecule has 3 nitrogen and oxygen atoms in total. The van der Waals surface area contributed by atoms with E-state index in [1.54, 1.807) is 6.20 Å². The molecule has 1 aromatic heterocycles. The van der Waals surface area contributed by atoms with Crippen LogP contribution in [0.4, 0.5) is 0 Å². The molecule has 2 N–H and O–H groups in total. The van der Waals surface area contributed by atoms with Crippen molar-refractivity contribution in [3.05, 3.63) is 18.4 Å². The maximum Gasteiger partial charge on any atom is 0.207 e. The zero-order chi connectivity index (χ0) is 5.11. The molecule has 1 rings (SSSR count). The standard InChI is InChI=1S/C4H6N2O.ClH/c5-3-4-6-1-2-7-4;/h1-2H,3,5H2;1H. The van der Waals surface area contributed by atoms with Crippen LogP contribution in [0.3, 0.4) is 0 Å². The molecule has 0 aromatic carbocycles. The average Bonchev–Trinajstić information content (AvgIpc) is 2.14. The van der Waals surface area contributed by atoms with Crippen LogP contribution in [0.5, 0.6) is 0 Å². The lowest BCUT2D eigenvalue weighted by Gasteiger charge is -1.78. The monoisotopic (exact) mass is 134 g/mol. The minimum Gasteiger partial charge on any atom is -0.448 e. The Bertz CT molecular complexity index is 129. The van der Waals surface area contributed by atoms with E-state index < -0.39 is 0 Å². The van der Waals surface area contributed by atoms with E-state index >= 15 is 0 Å². The molecule has 0 unspecified atom stereocenters. The van der Waals surface area contributed by atoms with E-state index in [4.69, 9.17) is 10.2 Å². The lowest BCUT2D eigenvalue weighted by Crippen LogP contribution is -1.94. The van der Waals surface area contributed by atoms with Gasteiger partial charge in [-0.1, -0.05) is 0 Å². The Morgan fingerprint density at radius 2 is 2.50 bits per heavy atom. The summed E-state index contributed by atoms with van der Waals surface area (Å²) in [4.78, 5) is 3.74. The van der Waals surface area contributed by atoms with Crippen LogP contribution in [-0.4, -0.2) is 4.98 Å². The Hall–Kier alpha value is -0.540. The summed E-state index contributed by atoms with van der Waals surface area (Å²) in [6.07, 6.45) is 3.07. The zero-order valence-corrected chi connectivity index (χ0v) is 5.02. The minimum atomic E-state index is 0. The Morgan fingerprint density at radius 1 is 1.75 bits per heavy atom. The average molecular weight is 135 g/mol. The topological polar surface area (TPSA) is 52.0 Å². The van der Waals surface area contributed by atoms with Crippen LogP contribution in [0.25, 0.3) is 0 Å². The molecule has 0 saturated carbocycles. The van der Waals surface area contributed by atoms with Crippen molar-refractivity contribution >= 4 is 12.4 Å². The van der Waals surface area contributed by atoms with E-state index in [1.165, 1.54) is 6.26 Å². The normalized spacial score (nSPS) is 8.12. The molecule has 0 aliphatic rings. The quantitative estimate of drug-likeness (QED) is 0.611. The summed E-state index contributed by atoms with van der Waals surface area (Å²) >= 11 is 0. The van der Waals surface area contributed by atoms with Gasteiger partial charge in [0, 0.05) is 0 Å². The number of oxazole rings is 1. The molecular weight excluding hydrogens is 128 g/mol. The van der Waals surface area contributed by atoms with Gasteiger partial charge in [0.05, 0.1) is 12.7 Å². The molecule has 8 heavy (non-hydrogen) atoms. The van der Waals surface area contributed by atoms with E-state index in [1.807, 2.05) is 0 Å². The highest BCUT2D eigenvalue weighted by Gasteiger charge is 1.86. The molecule has 0 amide bonds. The van der Waals surface area contributed by atoms with Crippen molar-refractivity contribution in [1.82, 2.24) is 4.98 Å². The van der Waals surface area contributed by atoms with Crippen LogP contribution >= 0.6 is 12.4 Å². The minimum absolute atomic E-state index is 0. The molecule has 0 aliphatic heterocycles. The molecule has 0 radical (unpaired) electrons. The van der Waals surface area contributed by atoms with Gasteiger partial charge in [0.2, 0.25) is 5.89 Å². The summed E-state index contributed by atoms with van der Waals surface area (Å²) in [5, 5.41) is 0. The van der Waals surface area contributed by atoms with Crippen molar-refractivity contribution in [2.45, 2.75) is 6.54 Å². The molecule has 0 spiro atoms. The number of hydrogen-bond acceptors (Lipinski definition) is 3. The predicted molar refractivity (Wildman–Crippen MR) is 31.6 cm³/mol. The van der Waals surface area contributed by atoms with Crippen molar-refractivity contribution < 1.29 is 4.42 Å². The van der Waals surface area contributed by atoms with Crippen molar-refractivity contribution in [2.24, 2.45) is 5.73 Å². The first-order valence-electron chi connectivity index (χ1n) is 2.02. The molecule has 4 heteroatoms. The fourth-order valence-electron chi connectivity index (χ4n) is 0.354. The number of halogens is 1. The molecule has 0 saturated heterocycles. The van der Waals surface area contributed by atoms with Gasteiger partial charge in [0.1, 0.15) is 6.26 Å². The molecule has 46 valence electrons. The molecule has 1 aromatic rings. The second kappa shape index (κ2) is 3.46. The fraction of sp³-hybridized carbons (Fsp3) is 0.250. The maximum absolute atomic E-state index is 5.14. The lowest BCUT2D eigenvalue weighted by atomic mass is 10.7. The number of nitrogens with zero attached hydrogens (tertiary/aromatic N) is 1. The summed E-state index contributed by atoms with van der Waals surface area (Å²) in [5.74, 6) is 0.583. The van der Waals surface area contributed by atoms with E-state index in [2.05, 4.69) is 4.98 Å². The molecule has 0 atom stereocenters.